The van der Waals surface area contributed by atoms with Crippen molar-refractivity contribution in [2.24, 2.45) is 0 Å². The molecule has 0 saturated carbocycles. The van der Waals surface area contributed by atoms with E-state index in [1.165, 1.54) is 50.1 Å². The summed E-state index contributed by atoms with van der Waals surface area (Å²) in [7, 11) is 0. The molecule has 0 unspecified atom stereocenters. The Hall–Kier alpha value is -3.12. The average molecular weight is 379 g/mol. The first-order chi connectivity index (χ1) is 12.8. The molecule has 4 aromatic rings. The number of rotatable bonds is 0. The Morgan fingerprint density at radius 3 is 1.28 bits per heavy atom. The average Bonchev–Trinajstić information content (AvgIpc) is 3.15. The van der Waals surface area contributed by atoms with E-state index in [2.05, 4.69) is 97.9 Å². The Labute approximate surface area is 175 Å². The van der Waals surface area contributed by atoms with E-state index in [1.54, 1.807) is 0 Å². The summed E-state index contributed by atoms with van der Waals surface area (Å²) in [6.07, 6.45) is 0. The molecule has 0 aliphatic heterocycles. The van der Waals surface area contributed by atoms with Crippen LogP contribution in [0.1, 0.15) is 50.1 Å². The summed E-state index contributed by atoms with van der Waals surface area (Å²) in [6, 6.07) is 33.8. The highest BCUT2D eigenvalue weighted by Gasteiger charge is 2.51. The number of fused-ring (bicyclic) bond motifs is 10. The third kappa shape index (κ3) is 2.32. The molecule has 0 saturated heterocycles. The van der Waals surface area contributed by atoms with Crippen LogP contribution in [-0.4, -0.2) is 0 Å². The topological polar surface area (TPSA) is 0 Å². The molecule has 2 aliphatic carbocycles. The molecular weight excluding hydrogens is 348 g/mol. The predicted molar refractivity (Wildman–Crippen MR) is 128 cm³/mol. The van der Waals surface area contributed by atoms with E-state index in [0.29, 0.717) is 0 Å². The zero-order chi connectivity index (χ0) is 17.3. The highest BCUT2D eigenvalue weighted by atomic mass is 14.5. The Balaban J connectivity index is 0.000000801. The molecule has 0 bridgehead atoms. The molecule has 1 spiro atoms. The SMILES string of the molecule is C.C.C.Cc1ccc2c(c1)C1(c3ccccc3-c3ccccc31)c1ccccc1-2. The first-order valence-electron chi connectivity index (χ1n) is 9.22. The normalized spacial score (nSPS) is 13.1. The van der Waals surface area contributed by atoms with E-state index in [-0.39, 0.29) is 27.7 Å². The number of hydrogen-bond donors (Lipinski definition) is 0. The van der Waals surface area contributed by atoms with Gasteiger partial charge in [-0.05, 0) is 51.4 Å². The van der Waals surface area contributed by atoms with Gasteiger partial charge in [-0.25, -0.2) is 0 Å². The summed E-state index contributed by atoms with van der Waals surface area (Å²) in [5.41, 5.74) is 12.3. The summed E-state index contributed by atoms with van der Waals surface area (Å²) in [5, 5.41) is 0. The van der Waals surface area contributed by atoms with Gasteiger partial charge in [0.2, 0.25) is 0 Å². The minimum absolute atomic E-state index is 0. The van der Waals surface area contributed by atoms with Crippen molar-refractivity contribution in [3.8, 4) is 22.3 Å². The van der Waals surface area contributed by atoms with Gasteiger partial charge in [0.25, 0.3) is 0 Å². The number of benzene rings is 4. The lowest BCUT2D eigenvalue weighted by Crippen LogP contribution is -2.25. The molecule has 0 N–H and O–H groups in total. The van der Waals surface area contributed by atoms with E-state index in [1.807, 2.05) is 0 Å². The van der Waals surface area contributed by atoms with E-state index < -0.39 is 0 Å². The van der Waals surface area contributed by atoms with Crippen LogP contribution in [0.5, 0.6) is 0 Å². The second-order valence-electron chi connectivity index (χ2n) is 7.44. The van der Waals surface area contributed by atoms with Crippen molar-refractivity contribution in [2.45, 2.75) is 34.6 Å². The van der Waals surface area contributed by atoms with E-state index in [0.717, 1.165) is 0 Å². The van der Waals surface area contributed by atoms with Crippen LogP contribution in [0.3, 0.4) is 0 Å². The van der Waals surface area contributed by atoms with E-state index in [4.69, 9.17) is 0 Å². The van der Waals surface area contributed by atoms with Gasteiger partial charge in [-0.15, -0.1) is 0 Å². The molecule has 0 heteroatoms. The summed E-state index contributed by atoms with van der Waals surface area (Å²) >= 11 is 0. The van der Waals surface area contributed by atoms with Crippen molar-refractivity contribution in [3.63, 3.8) is 0 Å². The Kier molecular flexibility index (Phi) is 5.01. The van der Waals surface area contributed by atoms with Crippen LogP contribution >= 0.6 is 0 Å². The van der Waals surface area contributed by atoms with Crippen molar-refractivity contribution in [1.82, 2.24) is 0 Å². The van der Waals surface area contributed by atoms with Gasteiger partial charge in [-0.2, -0.15) is 0 Å². The van der Waals surface area contributed by atoms with Crippen molar-refractivity contribution >= 4 is 0 Å². The van der Waals surface area contributed by atoms with Crippen LogP contribution < -0.4 is 0 Å². The lowest BCUT2D eigenvalue weighted by Gasteiger charge is -2.30. The number of aryl methyl sites for hydroxylation is 1. The first kappa shape index (κ1) is 20.6. The minimum atomic E-state index is -0.189. The van der Waals surface area contributed by atoms with Gasteiger partial charge < -0.3 is 0 Å². The molecule has 4 aromatic carbocycles. The van der Waals surface area contributed by atoms with Crippen molar-refractivity contribution < 1.29 is 0 Å². The van der Waals surface area contributed by atoms with Gasteiger partial charge in [0.1, 0.15) is 0 Å². The van der Waals surface area contributed by atoms with Crippen LogP contribution in [0.25, 0.3) is 22.3 Å². The fraction of sp³-hybridized carbons (Fsp3) is 0.172. The smallest absolute Gasteiger partial charge is 0.0725 e. The second-order valence-corrected chi connectivity index (χ2v) is 7.44. The molecule has 0 fully saturated rings. The molecule has 0 aromatic heterocycles. The summed E-state index contributed by atoms with van der Waals surface area (Å²) < 4.78 is 0. The van der Waals surface area contributed by atoms with Gasteiger partial charge in [0, 0.05) is 0 Å². The molecule has 0 heterocycles. The Bertz CT molecular complexity index is 1130. The highest BCUT2D eigenvalue weighted by molar-refractivity contribution is 5.94. The summed E-state index contributed by atoms with van der Waals surface area (Å²) in [5.74, 6) is 0. The maximum Gasteiger partial charge on any atom is 0.0725 e. The van der Waals surface area contributed by atoms with Gasteiger partial charge >= 0.3 is 0 Å². The Morgan fingerprint density at radius 2 is 0.828 bits per heavy atom. The van der Waals surface area contributed by atoms with Crippen LogP contribution in [0.15, 0.2) is 91.0 Å². The highest BCUT2D eigenvalue weighted by Crippen LogP contribution is 2.62. The molecular formula is C29H30. The fourth-order valence-electron chi connectivity index (χ4n) is 5.21. The molecule has 29 heavy (non-hydrogen) atoms. The van der Waals surface area contributed by atoms with Gasteiger partial charge in [0.15, 0.2) is 0 Å². The zero-order valence-electron chi connectivity index (χ0n) is 14.7. The van der Waals surface area contributed by atoms with Crippen molar-refractivity contribution in [1.29, 1.82) is 0 Å². The Morgan fingerprint density at radius 1 is 0.448 bits per heavy atom. The van der Waals surface area contributed by atoms with Gasteiger partial charge in [-0.3, -0.25) is 0 Å². The predicted octanol–water partition coefficient (Wildman–Crippen LogP) is 8.25. The second kappa shape index (κ2) is 7.04. The zero-order valence-corrected chi connectivity index (χ0v) is 14.7. The molecule has 0 atom stereocenters. The lowest BCUT2D eigenvalue weighted by molar-refractivity contribution is 0.792. The van der Waals surface area contributed by atoms with Crippen LogP contribution in [-0.2, 0) is 5.41 Å². The van der Waals surface area contributed by atoms with Gasteiger partial charge in [0.05, 0.1) is 5.41 Å². The van der Waals surface area contributed by atoms with E-state index in [9.17, 15) is 0 Å². The molecule has 0 amide bonds. The summed E-state index contributed by atoms with van der Waals surface area (Å²) in [4.78, 5) is 0. The minimum Gasteiger partial charge on any atom is -0.0776 e. The monoisotopic (exact) mass is 378 g/mol. The van der Waals surface area contributed by atoms with Crippen LogP contribution in [0.4, 0.5) is 0 Å². The van der Waals surface area contributed by atoms with Gasteiger partial charge in [-0.1, -0.05) is 119 Å². The quantitative estimate of drug-likeness (QED) is 0.249. The molecule has 0 radical (unpaired) electrons. The lowest BCUT2D eigenvalue weighted by atomic mass is 9.70. The maximum atomic E-state index is 2.40. The molecule has 0 nitrogen and oxygen atoms in total. The first-order valence-corrected chi connectivity index (χ1v) is 9.22. The third-order valence-corrected chi connectivity index (χ3v) is 6.15. The van der Waals surface area contributed by atoms with Crippen LogP contribution in [0, 0.1) is 6.92 Å². The molecule has 6 rings (SSSR count). The maximum absolute atomic E-state index is 2.40. The summed E-state index contributed by atoms with van der Waals surface area (Å²) in [6.45, 7) is 2.20. The number of hydrogen-bond acceptors (Lipinski definition) is 0. The van der Waals surface area contributed by atoms with Crippen LogP contribution in [0.2, 0.25) is 0 Å². The fourth-order valence-corrected chi connectivity index (χ4v) is 5.21. The van der Waals surface area contributed by atoms with Crippen molar-refractivity contribution in [3.05, 3.63) is 119 Å². The van der Waals surface area contributed by atoms with E-state index >= 15 is 0 Å². The molecule has 146 valence electrons. The molecule has 2 aliphatic rings. The largest absolute Gasteiger partial charge is 0.0776 e. The standard InChI is InChI=1S/C26H18.3CH4/c1-17-14-15-21-20-10-4-7-13-24(20)26(25(21)16-17)22-11-5-2-8-18(22)19-9-3-6-12-23(19)26;;;/h2-16H,1H3;3*1H4. The third-order valence-electron chi connectivity index (χ3n) is 6.15. The van der Waals surface area contributed by atoms with Crippen molar-refractivity contribution in [2.75, 3.05) is 0 Å².